The largest absolute Gasteiger partial charge is 0.361 e. The maximum Gasteiger partial charge on any atom is 0.254 e. The fourth-order valence-corrected chi connectivity index (χ4v) is 1.56. The van der Waals surface area contributed by atoms with Crippen LogP contribution in [0.5, 0.6) is 0 Å². The van der Waals surface area contributed by atoms with E-state index < -0.39 is 0 Å². The summed E-state index contributed by atoms with van der Waals surface area (Å²) in [6.45, 7) is 0.199. The van der Waals surface area contributed by atoms with Gasteiger partial charge in [0.2, 0.25) is 5.91 Å². The van der Waals surface area contributed by atoms with Crippen molar-refractivity contribution in [2.24, 2.45) is 0 Å². The first-order chi connectivity index (χ1) is 9.06. The molecule has 1 heterocycles. The molecule has 0 bridgehead atoms. The van der Waals surface area contributed by atoms with Gasteiger partial charge in [-0.1, -0.05) is 0 Å². The standard InChI is InChI=1S/C13H18N4O2/c1-17(2)13(19)9-3-6-11(14-7-9)15-8-12(18)16-10-4-5-10/h3,6-7,10H,4-5,8H2,1-2H3,(H,14,15)(H,16,18). The fraction of sp³-hybridized carbons (Fsp3) is 0.462. The number of amides is 2. The predicted molar refractivity (Wildman–Crippen MR) is 71.9 cm³/mol. The van der Waals surface area contributed by atoms with Gasteiger partial charge in [0.05, 0.1) is 12.1 Å². The minimum Gasteiger partial charge on any atom is -0.361 e. The molecule has 2 amide bonds. The van der Waals surface area contributed by atoms with Gasteiger partial charge in [-0.25, -0.2) is 4.98 Å². The van der Waals surface area contributed by atoms with E-state index in [1.165, 1.54) is 11.1 Å². The lowest BCUT2D eigenvalue weighted by molar-refractivity contribution is -0.119. The number of aromatic nitrogens is 1. The Kier molecular flexibility index (Phi) is 3.99. The highest BCUT2D eigenvalue weighted by Crippen LogP contribution is 2.18. The van der Waals surface area contributed by atoms with E-state index in [4.69, 9.17) is 0 Å². The summed E-state index contributed by atoms with van der Waals surface area (Å²) < 4.78 is 0. The smallest absolute Gasteiger partial charge is 0.254 e. The molecule has 0 unspecified atom stereocenters. The molecular formula is C13H18N4O2. The Hall–Kier alpha value is -2.11. The molecule has 0 aliphatic heterocycles. The third kappa shape index (κ3) is 3.94. The minimum absolute atomic E-state index is 0.0299. The molecule has 102 valence electrons. The van der Waals surface area contributed by atoms with Crippen LogP contribution in [0.4, 0.5) is 5.82 Å². The summed E-state index contributed by atoms with van der Waals surface area (Å²) in [5.74, 6) is 0.463. The van der Waals surface area contributed by atoms with Crippen molar-refractivity contribution in [1.82, 2.24) is 15.2 Å². The Morgan fingerprint density at radius 1 is 1.37 bits per heavy atom. The molecule has 1 aromatic heterocycles. The maximum absolute atomic E-state index is 11.7. The first kappa shape index (κ1) is 13.3. The molecule has 1 fully saturated rings. The van der Waals surface area contributed by atoms with Gasteiger partial charge in [-0.3, -0.25) is 9.59 Å². The zero-order valence-corrected chi connectivity index (χ0v) is 11.1. The average Bonchev–Trinajstić information content (AvgIpc) is 3.20. The van der Waals surface area contributed by atoms with Gasteiger partial charge in [0.25, 0.3) is 5.91 Å². The molecule has 2 rings (SSSR count). The van der Waals surface area contributed by atoms with E-state index in [-0.39, 0.29) is 18.4 Å². The lowest BCUT2D eigenvalue weighted by Crippen LogP contribution is -2.31. The fourth-order valence-electron chi connectivity index (χ4n) is 1.56. The molecule has 1 aliphatic rings. The summed E-state index contributed by atoms with van der Waals surface area (Å²) >= 11 is 0. The van der Waals surface area contributed by atoms with Gasteiger partial charge < -0.3 is 15.5 Å². The Bertz CT molecular complexity index is 466. The first-order valence-electron chi connectivity index (χ1n) is 6.27. The Labute approximate surface area is 112 Å². The zero-order valence-electron chi connectivity index (χ0n) is 11.1. The van der Waals surface area contributed by atoms with Crippen LogP contribution in [0.2, 0.25) is 0 Å². The van der Waals surface area contributed by atoms with E-state index in [1.807, 2.05) is 0 Å². The van der Waals surface area contributed by atoms with Crippen LogP contribution in [0.1, 0.15) is 23.2 Å². The van der Waals surface area contributed by atoms with E-state index in [2.05, 4.69) is 15.6 Å². The first-order valence-corrected chi connectivity index (χ1v) is 6.27. The van der Waals surface area contributed by atoms with Crippen molar-refractivity contribution in [3.05, 3.63) is 23.9 Å². The van der Waals surface area contributed by atoms with Crippen molar-refractivity contribution < 1.29 is 9.59 Å². The topological polar surface area (TPSA) is 74.3 Å². The van der Waals surface area contributed by atoms with Crippen molar-refractivity contribution in [3.8, 4) is 0 Å². The molecule has 0 atom stereocenters. The summed E-state index contributed by atoms with van der Waals surface area (Å²) in [6, 6.07) is 3.75. The number of carbonyl (C=O) groups is 2. The van der Waals surface area contributed by atoms with Gasteiger partial charge in [-0.2, -0.15) is 0 Å². The summed E-state index contributed by atoms with van der Waals surface area (Å²) in [7, 11) is 3.38. The van der Waals surface area contributed by atoms with Crippen molar-refractivity contribution in [1.29, 1.82) is 0 Å². The molecule has 1 aliphatic carbocycles. The highest BCUT2D eigenvalue weighted by molar-refractivity contribution is 5.93. The van der Waals surface area contributed by atoms with Gasteiger partial charge in [-0.05, 0) is 25.0 Å². The van der Waals surface area contributed by atoms with Crippen LogP contribution >= 0.6 is 0 Å². The van der Waals surface area contributed by atoms with Crippen LogP contribution in [-0.2, 0) is 4.79 Å². The van der Waals surface area contributed by atoms with E-state index in [1.54, 1.807) is 26.2 Å². The third-order valence-electron chi connectivity index (χ3n) is 2.79. The van der Waals surface area contributed by atoms with Crippen LogP contribution < -0.4 is 10.6 Å². The van der Waals surface area contributed by atoms with E-state index in [0.717, 1.165) is 12.8 Å². The molecule has 0 spiro atoms. The third-order valence-corrected chi connectivity index (χ3v) is 2.79. The number of carbonyl (C=O) groups excluding carboxylic acids is 2. The van der Waals surface area contributed by atoms with Crippen LogP contribution in [0.15, 0.2) is 18.3 Å². The molecule has 0 radical (unpaired) electrons. The van der Waals surface area contributed by atoms with Crippen molar-refractivity contribution in [2.45, 2.75) is 18.9 Å². The van der Waals surface area contributed by atoms with Crippen molar-refractivity contribution in [3.63, 3.8) is 0 Å². The van der Waals surface area contributed by atoms with Crippen LogP contribution in [0.3, 0.4) is 0 Å². The summed E-state index contributed by atoms with van der Waals surface area (Å²) in [5, 5.41) is 5.80. The monoisotopic (exact) mass is 262 g/mol. The second kappa shape index (κ2) is 5.69. The molecule has 2 N–H and O–H groups in total. The number of nitrogens with one attached hydrogen (secondary N) is 2. The summed E-state index contributed by atoms with van der Waals surface area (Å²) in [6.07, 6.45) is 3.65. The quantitative estimate of drug-likeness (QED) is 0.809. The number of rotatable bonds is 5. The average molecular weight is 262 g/mol. The zero-order chi connectivity index (χ0) is 13.8. The van der Waals surface area contributed by atoms with Crippen LogP contribution in [0, 0.1) is 0 Å². The normalized spacial score (nSPS) is 13.8. The molecule has 6 nitrogen and oxygen atoms in total. The number of hydrogen-bond acceptors (Lipinski definition) is 4. The van der Waals surface area contributed by atoms with Crippen LogP contribution in [0.25, 0.3) is 0 Å². The van der Waals surface area contributed by atoms with E-state index in [9.17, 15) is 9.59 Å². The lowest BCUT2D eigenvalue weighted by Gasteiger charge is -2.10. The van der Waals surface area contributed by atoms with Gasteiger partial charge in [0.15, 0.2) is 0 Å². The maximum atomic E-state index is 11.7. The molecule has 1 aromatic rings. The highest BCUT2D eigenvalue weighted by Gasteiger charge is 2.22. The Morgan fingerprint density at radius 3 is 2.63 bits per heavy atom. The second-order valence-corrected chi connectivity index (χ2v) is 4.83. The summed E-state index contributed by atoms with van der Waals surface area (Å²) in [4.78, 5) is 28.7. The number of pyridine rings is 1. The van der Waals surface area contributed by atoms with Crippen molar-refractivity contribution in [2.75, 3.05) is 26.0 Å². The molecule has 6 heteroatoms. The SMILES string of the molecule is CN(C)C(=O)c1ccc(NCC(=O)NC2CC2)nc1. The van der Waals surface area contributed by atoms with Gasteiger partial charge >= 0.3 is 0 Å². The number of nitrogens with zero attached hydrogens (tertiary/aromatic N) is 2. The Balaban J connectivity index is 1.84. The molecule has 0 saturated heterocycles. The molecular weight excluding hydrogens is 244 g/mol. The molecule has 0 aromatic carbocycles. The molecule has 19 heavy (non-hydrogen) atoms. The highest BCUT2D eigenvalue weighted by atomic mass is 16.2. The van der Waals surface area contributed by atoms with Gasteiger partial charge in [0.1, 0.15) is 5.82 Å². The number of hydrogen-bond donors (Lipinski definition) is 2. The predicted octanol–water partition coefficient (Wildman–Crippen LogP) is 0.474. The van der Waals surface area contributed by atoms with Gasteiger partial charge in [-0.15, -0.1) is 0 Å². The Morgan fingerprint density at radius 2 is 2.11 bits per heavy atom. The van der Waals surface area contributed by atoms with Crippen molar-refractivity contribution >= 4 is 17.6 Å². The van der Waals surface area contributed by atoms with E-state index >= 15 is 0 Å². The number of anilines is 1. The lowest BCUT2D eigenvalue weighted by atomic mass is 10.2. The second-order valence-electron chi connectivity index (χ2n) is 4.83. The van der Waals surface area contributed by atoms with Crippen LogP contribution in [-0.4, -0.2) is 48.4 Å². The van der Waals surface area contributed by atoms with Gasteiger partial charge in [0, 0.05) is 26.3 Å². The minimum atomic E-state index is -0.0921. The van der Waals surface area contributed by atoms with E-state index in [0.29, 0.717) is 17.4 Å². The molecule has 1 saturated carbocycles. The summed E-state index contributed by atoms with van der Waals surface area (Å²) in [5.41, 5.74) is 0.526.